The van der Waals surface area contributed by atoms with E-state index in [1.54, 1.807) is 0 Å². The van der Waals surface area contributed by atoms with E-state index in [0.29, 0.717) is 5.95 Å². The fraction of sp³-hybridized carbons (Fsp3) is 0.400. The first kappa shape index (κ1) is 14.2. The van der Waals surface area contributed by atoms with Crippen molar-refractivity contribution in [3.05, 3.63) is 41.9 Å². The summed E-state index contributed by atoms with van der Waals surface area (Å²) in [5.74, 6) is 1.64. The Hall–Kier alpha value is -2.17. The Balaban J connectivity index is 2.13. The van der Waals surface area contributed by atoms with Crippen LogP contribution in [0.5, 0.6) is 0 Å². The van der Waals surface area contributed by atoms with Crippen LogP contribution < -0.4 is 10.2 Å². The molecule has 2 aromatic heterocycles. The Morgan fingerprint density at radius 3 is 2.70 bits per heavy atom. The van der Waals surface area contributed by atoms with E-state index in [2.05, 4.69) is 32.1 Å². The molecule has 0 aliphatic carbocycles. The maximum atomic E-state index is 4.59. The molecule has 2 heterocycles. The summed E-state index contributed by atoms with van der Waals surface area (Å²) in [7, 11) is 2.04. The zero-order chi connectivity index (χ0) is 14.4. The summed E-state index contributed by atoms with van der Waals surface area (Å²) in [6, 6.07) is 4.03. The average Bonchev–Trinajstić information content (AvgIpc) is 2.47. The van der Waals surface area contributed by atoms with Gasteiger partial charge in [0.2, 0.25) is 5.95 Å². The third-order valence-electron chi connectivity index (χ3n) is 3.01. The van der Waals surface area contributed by atoms with Crippen LogP contribution in [0.3, 0.4) is 0 Å². The van der Waals surface area contributed by atoms with Gasteiger partial charge >= 0.3 is 0 Å². The maximum absolute atomic E-state index is 4.59. The third-order valence-corrected chi connectivity index (χ3v) is 3.01. The van der Waals surface area contributed by atoms with Gasteiger partial charge < -0.3 is 10.2 Å². The van der Waals surface area contributed by atoms with Crippen LogP contribution in [0.4, 0.5) is 11.8 Å². The predicted molar refractivity (Wildman–Crippen MR) is 81.9 cm³/mol. The normalized spacial score (nSPS) is 10.3. The lowest BCUT2D eigenvalue weighted by molar-refractivity contribution is 0.874. The van der Waals surface area contributed by atoms with E-state index in [9.17, 15) is 0 Å². The molecule has 0 aliphatic rings. The van der Waals surface area contributed by atoms with Crippen molar-refractivity contribution >= 4 is 11.8 Å². The SMILES string of the molecule is CCCNc1ncc(C)c(N(C)Cc2ccncc2)n1. The van der Waals surface area contributed by atoms with E-state index in [1.807, 2.05) is 44.7 Å². The molecule has 0 atom stereocenters. The number of pyridine rings is 1. The summed E-state index contributed by atoms with van der Waals surface area (Å²) in [4.78, 5) is 15.1. The number of aromatic nitrogens is 3. The zero-order valence-electron chi connectivity index (χ0n) is 12.3. The topological polar surface area (TPSA) is 53.9 Å². The highest BCUT2D eigenvalue weighted by Crippen LogP contribution is 2.18. The molecular weight excluding hydrogens is 250 g/mol. The molecule has 0 saturated carbocycles. The molecule has 0 radical (unpaired) electrons. The van der Waals surface area contributed by atoms with Crippen molar-refractivity contribution in [2.24, 2.45) is 0 Å². The van der Waals surface area contributed by atoms with Crippen LogP contribution in [-0.4, -0.2) is 28.5 Å². The van der Waals surface area contributed by atoms with Crippen LogP contribution >= 0.6 is 0 Å². The smallest absolute Gasteiger partial charge is 0.224 e. The van der Waals surface area contributed by atoms with Crippen LogP contribution in [0.15, 0.2) is 30.7 Å². The number of anilines is 2. The molecule has 0 aromatic carbocycles. The minimum absolute atomic E-state index is 0.689. The lowest BCUT2D eigenvalue weighted by atomic mass is 10.2. The molecule has 0 amide bonds. The Bertz CT molecular complexity index is 541. The summed E-state index contributed by atoms with van der Waals surface area (Å²) in [6.45, 7) is 5.84. The Morgan fingerprint density at radius 1 is 1.25 bits per heavy atom. The van der Waals surface area contributed by atoms with Crippen LogP contribution in [0, 0.1) is 6.92 Å². The highest BCUT2D eigenvalue weighted by atomic mass is 15.2. The molecule has 0 aliphatic heterocycles. The maximum Gasteiger partial charge on any atom is 0.224 e. The molecule has 5 heteroatoms. The Labute approximate surface area is 120 Å². The molecule has 0 fully saturated rings. The molecule has 0 unspecified atom stereocenters. The van der Waals surface area contributed by atoms with Gasteiger partial charge in [-0.15, -0.1) is 0 Å². The number of hydrogen-bond acceptors (Lipinski definition) is 5. The van der Waals surface area contributed by atoms with E-state index < -0.39 is 0 Å². The van der Waals surface area contributed by atoms with Gasteiger partial charge in [-0.05, 0) is 31.0 Å². The molecule has 0 saturated heterocycles. The third kappa shape index (κ3) is 3.66. The molecule has 2 aromatic rings. The molecule has 0 bridgehead atoms. The van der Waals surface area contributed by atoms with Crippen LogP contribution in [-0.2, 0) is 6.54 Å². The van der Waals surface area contributed by atoms with Gasteiger partial charge in [0, 0.05) is 44.3 Å². The van der Waals surface area contributed by atoms with Crippen molar-refractivity contribution in [3.63, 3.8) is 0 Å². The largest absolute Gasteiger partial charge is 0.355 e. The van der Waals surface area contributed by atoms with Crippen LogP contribution in [0.1, 0.15) is 24.5 Å². The summed E-state index contributed by atoms with van der Waals surface area (Å²) in [6.07, 6.45) is 6.54. The fourth-order valence-corrected chi connectivity index (χ4v) is 1.98. The highest BCUT2D eigenvalue weighted by molar-refractivity contribution is 5.48. The van der Waals surface area contributed by atoms with Crippen LogP contribution in [0.2, 0.25) is 0 Å². The van der Waals surface area contributed by atoms with Crippen molar-refractivity contribution in [1.29, 1.82) is 0 Å². The summed E-state index contributed by atoms with van der Waals surface area (Å²) in [5.41, 5.74) is 2.28. The zero-order valence-corrected chi connectivity index (χ0v) is 12.3. The van der Waals surface area contributed by atoms with E-state index >= 15 is 0 Å². The van der Waals surface area contributed by atoms with Gasteiger partial charge in [-0.2, -0.15) is 4.98 Å². The first-order valence-electron chi connectivity index (χ1n) is 6.88. The van der Waals surface area contributed by atoms with Gasteiger partial charge in [0.05, 0.1) is 0 Å². The number of rotatable bonds is 6. The second kappa shape index (κ2) is 6.84. The quantitative estimate of drug-likeness (QED) is 0.875. The number of aryl methyl sites for hydroxylation is 1. The molecule has 106 valence electrons. The Morgan fingerprint density at radius 2 is 2.00 bits per heavy atom. The van der Waals surface area contributed by atoms with Gasteiger partial charge in [-0.3, -0.25) is 4.98 Å². The van der Waals surface area contributed by atoms with Gasteiger partial charge in [0.15, 0.2) is 0 Å². The van der Waals surface area contributed by atoms with E-state index in [1.165, 1.54) is 5.56 Å². The number of hydrogen-bond donors (Lipinski definition) is 1. The van der Waals surface area contributed by atoms with Crippen molar-refractivity contribution in [3.8, 4) is 0 Å². The van der Waals surface area contributed by atoms with Gasteiger partial charge in [0.1, 0.15) is 5.82 Å². The average molecular weight is 271 g/mol. The fourth-order valence-electron chi connectivity index (χ4n) is 1.98. The molecule has 20 heavy (non-hydrogen) atoms. The molecular formula is C15H21N5. The van der Waals surface area contributed by atoms with E-state index in [4.69, 9.17) is 0 Å². The summed E-state index contributed by atoms with van der Waals surface area (Å²) < 4.78 is 0. The number of nitrogens with zero attached hydrogens (tertiary/aromatic N) is 4. The first-order valence-corrected chi connectivity index (χ1v) is 6.88. The predicted octanol–water partition coefficient (Wildman–Crippen LogP) is 2.64. The lowest BCUT2D eigenvalue weighted by Gasteiger charge is -2.20. The van der Waals surface area contributed by atoms with Gasteiger partial charge in [-0.1, -0.05) is 6.92 Å². The molecule has 0 spiro atoms. The molecule has 1 N–H and O–H groups in total. The van der Waals surface area contributed by atoms with Crippen molar-refractivity contribution in [1.82, 2.24) is 15.0 Å². The minimum atomic E-state index is 0.689. The van der Waals surface area contributed by atoms with E-state index in [0.717, 1.165) is 30.9 Å². The summed E-state index contributed by atoms with van der Waals surface area (Å²) >= 11 is 0. The van der Waals surface area contributed by atoms with Crippen molar-refractivity contribution in [2.45, 2.75) is 26.8 Å². The van der Waals surface area contributed by atoms with Crippen molar-refractivity contribution < 1.29 is 0 Å². The number of nitrogens with one attached hydrogen (secondary N) is 1. The minimum Gasteiger partial charge on any atom is -0.355 e. The lowest BCUT2D eigenvalue weighted by Crippen LogP contribution is -2.20. The molecule has 2 rings (SSSR count). The van der Waals surface area contributed by atoms with Crippen molar-refractivity contribution in [2.75, 3.05) is 23.8 Å². The summed E-state index contributed by atoms with van der Waals surface area (Å²) in [5, 5.41) is 3.22. The standard InChI is InChI=1S/C15H21N5/c1-4-7-17-15-18-10-12(2)14(19-15)20(3)11-13-5-8-16-9-6-13/h5-6,8-10H,4,7,11H2,1-3H3,(H,17,18,19). The second-order valence-corrected chi connectivity index (χ2v) is 4.84. The molecule has 5 nitrogen and oxygen atoms in total. The Kier molecular flexibility index (Phi) is 4.87. The van der Waals surface area contributed by atoms with Gasteiger partial charge in [-0.25, -0.2) is 4.98 Å². The van der Waals surface area contributed by atoms with E-state index in [-0.39, 0.29) is 0 Å². The first-order chi connectivity index (χ1) is 9.70. The monoisotopic (exact) mass is 271 g/mol. The second-order valence-electron chi connectivity index (χ2n) is 4.84. The van der Waals surface area contributed by atoms with Crippen LogP contribution in [0.25, 0.3) is 0 Å². The van der Waals surface area contributed by atoms with Gasteiger partial charge in [0.25, 0.3) is 0 Å². The highest BCUT2D eigenvalue weighted by Gasteiger charge is 2.09.